The minimum atomic E-state index is -0.586. The average molecular weight is 664 g/mol. The van der Waals surface area contributed by atoms with Gasteiger partial charge in [-0.15, -0.1) is 0 Å². The summed E-state index contributed by atoms with van der Waals surface area (Å²) in [5, 5.41) is 3.00. The van der Waals surface area contributed by atoms with Crippen molar-refractivity contribution < 1.29 is 23.9 Å². The van der Waals surface area contributed by atoms with Gasteiger partial charge in [0.1, 0.15) is 0 Å². The number of aryl methyl sites for hydroxylation is 2. The molecule has 0 radical (unpaired) electrons. The molecule has 3 aromatic carbocycles. The molecule has 2 aliphatic rings. The third-order valence-electron chi connectivity index (χ3n) is 9.85. The van der Waals surface area contributed by atoms with E-state index in [1.807, 2.05) is 50.2 Å². The number of aromatic amines is 1. The van der Waals surface area contributed by atoms with Gasteiger partial charge in [0.25, 0.3) is 17.7 Å². The Labute approximate surface area is 288 Å². The molecule has 6 rings (SSSR count). The van der Waals surface area contributed by atoms with Gasteiger partial charge in [0.05, 0.1) is 42.6 Å². The van der Waals surface area contributed by atoms with Gasteiger partial charge in [0, 0.05) is 50.2 Å². The van der Waals surface area contributed by atoms with E-state index in [-0.39, 0.29) is 23.8 Å². The molecular formula is C39H45N5O5. The summed E-state index contributed by atoms with van der Waals surface area (Å²) in [6.45, 7) is 9.57. The highest BCUT2D eigenvalue weighted by Gasteiger charge is 2.43. The minimum absolute atomic E-state index is 0.159. The summed E-state index contributed by atoms with van der Waals surface area (Å²) in [5.74, 6) is 0.280. The number of carbonyl (C=O) groups is 3. The van der Waals surface area contributed by atoms with Crippen molar-refractivity contribution in [1.29, 1.82) is 0 Å². The fourth-order valence-electron chi connectivity index (χ4n) is 7.18. The van der Waals surface area contributed by atoms with Gasteiger partial charge >= 0.3 is 0 Å². The lowest BCUT2D eigenvalue weighted by atomic mass is 9.99. The maximum atomic E-state index is 14.4. The maximum absolute atomic E-state index is 14.4. The number of fused-ring (bicyclic) bond motifs is 1. The second-order valence-electron chi connectivity index (χ2n) is 12.8. The molecule has 1 saturated heterocycles. The molecule has 1 fully saturated rings. The summed E-state index contributed by atoms with van der Waals surface area (Å²) < 4.78 is 11.1. The lowest BCUT2D eigenvalue weighted by molar-refractivity contribution is 0.0570. The normalized spacial score (nSPS) is 16.0. The van der Waals surface area contributed by atoms with Crippen LogP contribution in [0.5, 0.6) is 11.5 Å². The van der Waals surface area contributed by atoms with Crippen LogP contribution in [0.15, 0.2) is 72.8 Å². The molecule has 49 heavy (non-hydrogen) atoms. The predicted molar refractivity (Wildman–Crippen MR) is 190 cm³/mol. The molecular weight excluding hydrogens is 618 g/mol. The molecule has 0 aliphatic carbocycles. The minimum Gasteiger partial charge on any atom is -0.493 e. The molecule has 1 unspecified atom stereocenters. The monoisotopic (exact) mass is 663 g/mol. The summed E-state index contributed by atoms with van der Waals surface area (Å²) in [6.07, 6.45) is 0.979. The van der Waals surface area contributed by atoms with E-state index in [1.165, 1.54) is 10.5 Å². The molecule has 4 aromatic rings. The number of anilines is 1. The molecule has 0 bridgehead atoms. The van der Waals surface area contributed by atoms with Crippen LogP contribution in [0.25, 0.3) is 0 Å². The summed E-state index contributed by atoms with van der Waals surface area (Å²) in [5.41, 5.74) is 6.04. The van der Waals surface area contributed by atoms with Gasteiger partial charge in [-0.1, -0.05) is 42.5 Å². The molecule has 2 aliphatic heterocycles. The number of aromatic nitrogens is 1. The Balaban J connectivity index is 1.22. The number of hydrogen-bond acceptors (Lipinski definition) is 7. The number of nitrogens with one attached hydrogen (secondary N) is 2. The predicted octanol–water partition coefficient (Wildman–Crippen LogP) is 6.08. The number of methoxy groups -OCH3 is 2. The van der Waals surface area contributed by atoms with Crippen LogP contribution in [0.1, 0.15) is 85.4 Å². The molecule has 0 saturated carbocycles. The van der Waals surface area contributed by atoms with E-state index < -0.39 is 6.04 Å². The van der Waals surface area contributed by atoms with Gasteiger partial charge < -0.3 is 24.7 Å². The van der Waals surface area contributed by atoms with Crippen LogP contribution in [0, 0.1) is 13.8 Å². The van der Waals surface area contributed by atoms with Gasteiger partial charge in [-0.25, -0.2) is 0 Å². The van der Waals surface area contributed by atoms with E-state index in [4.69, 9.17) is 9.47 Å². The summed E-state index contributed by atoms with van der Waals surface area (Å²) in [6, 6.07) is 23.1. The Morgan fingerprint density at radius 1 is 0.857 bits per heavy atom. The Hall–Kier alpha value is -5.09. The number of nitrogens with zero attached hydrogens (tertiary/aromatic N) is 3. The number of H-pyrrole nitrogens is 1. The average Bonchev–Trinajstić information content (AvgIpc) is 3.61. The Kier molecular flexibility index (Phi) is 10.1. The molecule has 1 aromatic heterocycles. The van der Waals surface area contributed by atoms with Gasteiger partial charge in [-0.3, -0.25) is 24.2 Å². The van der Waals surface area contributed by atoms with E-state index in [0.717, 1.165) is 48.8 Å². The fraction of sp³-hybridized carbons (Fsp3) is 0.359. The van der Waals surface area contributed by atoms with E-state index in [2.05, 4.69) is 51.3 Å². The highest BCUT2D eigenvalue weighted by molar-refractivity contribution is 6.24. The standard InChI is InChI=1S/C39H45N5O5/c1-25-23-31(26(2)41-25)37(45)40-18-10-15-32(29-16-17-34(48-4)35(24-29)49-5)44-38(46)30-13-9-14-33(36(30)39(44)47)43-21-19-42(20-22-43)27(3)28-11-7-6-8-12-28/h6-9,11-14,16-17,23-24,27,32,41H,10,15,18-22H2,1-5H3,(H,40,45)/t27?,32-/m1/s1. The summed E-state index contributed by atoms with van der Waals surface area (Å²) >= 11 is 0. The lowest BCUT2D eigenvalue weighted by Gasteiger charge is -2.39. The molecule has 3 amide bonds. The van der Waals surface area contributed by atoms with Gasteiger partial charge in [0.15, 0.2) is 11.5 Å². The van der Waals surface area contributed by atoms with E-state index >= 15 is 0 Å². The number of hydrogen-bond donors (Lipinski definition) is 2. The molecule has 10 nitrogen and oxygen atoms in total. The first-order chi connectivity index (χ1) is 23.7. The SMILES string of the molecule is COc1ccc([C@@H](CCCNC(=O)c2cc(C)[nH]c2C)N2C(=O)c3cccc(N4CCN(C(C)c5ccccc5)CC4)c3C2=O)cc1OC. The Morgan fingerprint density at radius 3 is 2.27 bits per heavy atom. The second-order valence-corrected chi connectivity index (χ2v) is 12.8. The number of ether oxygens (including phenoxy) is 2. The van der Waals surface area contributed by atoms with Crippen LogP contribution < -0.4 is 19.7 Å². The zero-order valence-corrected chi connectivity index (χ0v) is 28.9. The molecule has 2 atom stereocenters. The third-order valence-corrected chi connectivity index (χ3v) is 9.85. The van der Waals surface area contributed by atoms with Crippen molar-refractivity contribution in [2.75, 3.05) is 51.8 Å². The number of carbonyl (C=O) groups excluding carboxylic acids is 3. The van der Waals surface area contributed by atoms with Crippen molar-refractivity contribution in [2.24, 2.45) is 0 Å². The topological polar surface area (TPSA) is 107 Å². The van der Waals surface area contributed by atoms with Crippen LogP contribution in [0.2, 0.25) is 0 Å². The first kappa shape index (κ1) is 33.8. The van der Waals surface area contributed by atoms with E-state index in [0.29, 0.717) is 47.6 Å². The highest BCUT2D eigenvalue weighted by atomic mass is 16.5. The fourth-order valence-corrected chi connectivity index (χ4v) is 7.18. The third kappa shape index (κ3) is 6.78. The number of imide groups is 1. The smallest absolute Gasteiger partial charge is 0.264 e. The summed E-state index contributed by atoms with van der Waals surface area (Å²) in [7, 11) is 3.13. The Morgan fingerprint density at radius 2 is 1.59 bits per heavy atom. The van der Waals surface area contributed by atoms with Crippen molar-refractivity contribution in [3.8, 4) is 11.5 Å². The van der Waals surface area contributed by atoms with E-state index in [1.54, 1.807) is 26.4 Å². The summed E-state index contributed by atoms with van der Waals surface area (Å²) in [4.78, 5) is 50.7. The van der Waals surface area contributed by atoms with E-state index in [9.17, 15) is 14.4 Å². The number of rotatable bonds is 12. The largest absolute Gasteiger partial charge is 0.493 e. The van der Waals surface area contributed by atoms with Crippen LogP contribution >= 0.6 is 0 Å². The maximum Gasteiger partial charge on any atom is 0.264 e. The molecule has 2 N–H and O–H groups in total. The number of amides is 3. The second kappa shape index (κ2) is 14.6. The van der Waals surface area contributed by atoms with Crippen LogP contribution in [0.4, 0.5) is 5.69 Å². The van der Waals surface area contributed by atoms with Crippen LogP contribution in [-0.2, 0) is 0 Å². The number of benzene rings is 3. The first-order valence-electron chi connectivity index (χ1n) is 16.9. The molecule has 10 heteroatoms. The zero-order valence-electron chi connectivity index (χ0n) is 28.9. The van der Waals surface area contributed by atoms with Crippen LogP contribution in [0.3, 0.4) is 0 Å². The van der Waals surface area contributed by atoms with Crippen LogP contribution in [-0.4, -0.2) is 79.4 Å². The van der Waals surface area contributed by atoms with Gasteiger partial charge in [-0.2, -0.15) is 0 Å². The van der Waals surface area contributed by atoms with Crippen molar-refractivity contribution in [3.05, 3.63) is 112 Å². The zero-order chi connectivity index (χ0) is 34.7. The number of piperazine rings is 1. The van der Waals surface area contributed by atoms with Crippen molar-refractivity contribution in [2.45, 2.75) is 45.7 Å². The molecule has 256 valence electrons. The van der Waals surface area contributed by atoms with Gasteiger partial charge in [-0.05, 0) is 75.1 Å². The first-order valence-corrected chi connectivity index (χ1v) is 16.9. The quantitative estimate of drug-likeness (QED) is 0.140. The molecule has 3 heterocycles. The van der Waals surface area contributed by atoms with Crippen molar-refractivity contribution >= 4 is 23.4 Å². The van der Waals surface area contributed by atoms with Gasteiger partial charge in [0.2, 0.25) is 0 Å². The Bertz CT molecular complexity index is 1830. The van der Waals surface area contributed by atoms with Crippen molar-refractivity contribution in [1.82, 2.24) is 20.1 Å². The van der Waals surface area contributed by atoms with Crippen molar-refractivity contribution in [3.63, 3.8) is 0 Å². The molecule has 0 spiro atoms. The lowest BCUT2D eigenvalue weighted by Crippen LogP contribution is -2.47. The highest BCUT2D eigenvalue weighted by Crippen LogP contribution is 2.40.